The van der Waals surface area contributed by atoms with Crippen molar-refractivity contribution in [1.29, 1.82) is 0 Å². The third-order valence-corrected chi connectivity index (χ3v) is 5.48. The molecule has 112 valence electrons. The molecular formula is C15H19N3O2S. The number of hydrogen-bond donors (Lipinski definition) is 1. The molecule has 0 amide bonds. The molecule has 1 saturated heterocycles. The lowest BCUT2D eigenvalue weighted by Crippen LogP contribution is -2.34. The molecule has 0 aliphatic carbocycles. The summed E-state index contributed by atoms with van der Waals surface area (Å²) in [6, 6.07) is 10.1. The first-order valence-electron chi connectivity index (χ1n) is 7.14. The maximum atomic E-state index is 11.6. The van der Waals surface area contributed by atoms with Crippen LogP contribution in [0.5, 0.6) is 0 Å². The van der Waals surface area contributed by atoms with E-state index in [1.807, 2.05) is 29.1 Å². The SMILES string of the molecule is O=S1(=O)CCCC(Nc2cnn(Cc3ccccc3)c2)C1. The largest absolute Gasteiger partial charge is 0.379 e. The van der Waals surface area contributed by atoms with Crippen molar-refractivity contribution in [3.63, 3.8) is 0 Å². The Morgan fingerprint density at radius 2 is 2.10 bits per heavy atom. The molecule has 1 aromatic heterocycles. The van der Waals surface area contributed by atoms with E-state index in [0.717, 1.165) is 18.5 Å². The molecule has 0 bridgehead atoms. The molecule has 21 heavy (non-hydrogen) atoms. The van der Waals surface area contributed by atoms with Crippen molar-refractivity contribution in [2.75, 3.05) is 16.8 Å². The fraction of sp³-hybridized carbons (Fsp3) is 0.400. The molecule has 1 aliphatic rings. The molecule has 2 heterocycles. The summed E-state index contributed by atoms with van der Waals surface area (Å²) in [6.07, 6.45) is 5.31. The van der Waals surface area contributed by atoms with Gasteiger partial charge in [0.1, 0.15) is 0 Å². The van der Waals surface area contributed by atoms with E-state index in [0.29, 0.717) is 12.3 Å². The number of rotatable bonds is 4. The van der Waals surface area contributed by atoms with E-state index in [1.165, 1.54) is 5.56 Å². The first-order chi connectivity index (χ1) is 10.1. The van der Waals surface area contributed by atoms with E-state index >= 15 is 0 Å². The zero-order chi connectivity index (χ0) is 14.7. The molecule has 0 spiro atoms. The lowest BCUT2D eigenvalue weighted by Gasteiger charge is -2.23. The Morgan fingerprint density at radius 1 is 1.29 bits per heavy atom. The first-order valence-corrected chi connectivity index (χ1v) is 8.96. The Bertz CT molecular complexity index is 695. The van der Waals surface area contributed by atoms with Crippen molar-refractivity contribution in [2.24, 2.45) is 0 Å². The summed E-state index contributed by atoms with van der Waals surface area (Å²) in [5.74, 6) is 0.537. The van der Waals surface area contributed by atoms with Gasteiger partial charge in [0.15, 0.2) is 9.84 Å². The molecule has 2 aromatic rings. The summed E-state index contributed by atoms with van der Waals surface area (Å²) in [6.45, 7) is 0.714. The van der Waals surface area contributed by atoms with Crippen LogP contribution < -0.4 is 5.32 Å². The van der Waals surface area contributed by atoms with Crippen molar-refractivity contribution >= 4 is 15.5 Å². The molecule has 0 saturated carbocycles. The van der Waals surface area contributed by atoms with E-state index in [1.54, 1.807) is 6.20 Å². The molecule has 6 heteroatoms. The summed E-state index contributed by atoms with van der Waals surface area (Å²) in [7, 11) is -2.88. The van der Waals surface area contributed by atoms with E-state index in [2.05, 4.69) is 22.5 Å². The first kappa shape index (κ1) is 14.1. The monoisotopic (exact) mass is 305 g/mol. The smallest absolute Gasteiger partial charge is 0.152 e. The standard InChI is InChI=1S/C15H19N3O2S/c19-21(20)8-4-7-14(12-21)17-15-9-16-18(11-15)10-13-5-2-1-3-6-13/h1-3,5-6,9,11,14,17H,4,7-8,10,12H2. The van der Waals surface area contributed by atoms with E-state index < -0.39 is 9.84 Å². The number of aromatic nitrogens is 2. The molecule has 1 aliphatic heterocycles. The highest BCUT2D eigenvalue weighted by Crippen LogP contribution is 2.17. The average Bonchev–Trinajstić information content (AvgIpc) is 2.86. The van der Waals surface area contributed by atoms with E-state index in [-0.39, 0.29) is 11.8 Å². The minimum absolute atomic E-state index is 0.00174. The number of nitrogens with one attached hydrogen (secondary N) is 1. The predicted molar refractivity (Wildman–Crippen MR) is 83.1 cm³/mol. The van der Waals surface area contributed by atoms with E-state index in [4.69, 9.17) is 0 Å². The summed E-state index contributed by atoms with van der Waals surface area (Å²) >= 11 is 0. The van der Waals surface area contributed by atoms with Crippen LogP contribution in [0.2, 0.25) is 0 Å². The molecule has 1 N–H and O–H groups in total. The van der Waals surface area contributed by atoms with Gasteiger partial charge in [-0.05, 0) is 18.4 Å². The zero-order valence-corrected chi connectivity index (χ0v) is 12.6. The highest BCUT2D eigenvalue weighted by Gasteiger charge is 2.24. The average molecular weight is 305 g/mol. The lowest BCUT2D eigenvalue weighted by atomic mass is 10.2. The van der Waals surface area contributed by atoms with Gasteiger partial charge in [0, 0.05) is 12.2 Å². The maximum absolute atomic E-state index is 11.6. The molecule has 0 radical (unpaired) electrons. The predicted octanol–water partition coefficient (Wildman–Crippen LogP) is 1.92. The third-order valence-electron chi connectivity index (χ3n) is 3.65. The Labute approximate surface area is 124 Å². The van der Waals surface area contributed by atoms with Crippen molar-refractivity contribution in [1.82, 2.24) is 9.78 Å². The lowest BCUT2D eigenvalue weighted by molar-refractivity contribution is 0.562. The van der Waals surface area contributed by atoms with Gasteiger partial charge in [-0.15, -0.1) is 0 Å². The van der Waals surface area contributed by atoms with Gasteiger partial charge in [-0.25, -0.2) is 8.42 Å². The summed E-state index contributed by atoms with van der Waals surface area (Å²) in [5, 5.41) is 7.60. The van der Waals surface area contributed by atoms with Crippen molar-refractivity contribution in [2.45, 2.75) is 25.4 Å². The second kappa shape index (κ2) is 5.89. The zero-order valence-electron chi connectivity index (χ0n) is 11.8. The van der Waals surface area contributed by atoms with Crippen LogP contribution >= 0.6 is 0 Å². The molecule has 1 aromatic carbocycles. The van der Waals surface area contributed by atoms with Gasteiger partial charge in [0.2, 0.25) is 0 Å². The Balaban J connectivity index is 1.63. The minimum Gasteiger partial charge on any atom is -0.379 e. The molecule has 1 fully saturated rings. The van der Waals surface area contributed by atoms with Gasteiger partial charge in [0.05, 0.1) is 29.9 Å². The third kappa shape index (κ3) is 3.85. The van der Waals surface area contributed by atoms with Crippen LogP contribution in [0.1, 0.15) is 18.4 Å². The van der Waals surface area contributed by atoms with Gasteiger partial charge < -0.3 is 5.32 Å². The summed E-state index contributed by atoms with van der Waals surface area (Å²) < 4.78 is 25.1. The number of sulfone groups is 1. The minimum atomic E-state index is -2.88. The molecular weight excluding hydrogens is 286 g/mol. The van der Waals surface area contributed by atoms with Crippen LogP contribution in [0.25, 0.3) is 0 Å². The van der Waals surface area contributed by atoms with Gasteiger partial charge in [-0.1, -0.05) is 30.3 Å². The van der Waals surface area contributed by atoms with Gasteiger partial charge in [-0.3, -0.25) is 4.68 Å². The number of benzene rings is 1. The quantitative estimate of drug-likeness (QED) is 0.937. The fourth-order valence-corrected chi connectivity index (χ4v) is 4.30. The van der Waals surface area contributed by atoms with Crippen LogP contribution in [0, 0.1) is 0 Å². The number of nitrogens with zero attached hydrogens (tertiary/aromatic N) is 2. The van der Waals surface area contributed by atoms with Gasteiger partial charge in [0.25, 0.3) is 0 Å². The molecule has 1 atom stereocenters. The second-order valence-corrected chi connectivity index (χ2v) is 7.74. The molecule has 1 unspecified atom stereocenters. The highest BCUT2D eigenvalue weighted by atomic mass is 32.2. The molecule has 3 rings (SSSR count). The number of anilines is 1. The van der Waals surface area contributed by atoms with Crippen molar-refractivity contribution < 1.29 is 8.42 Å². The van der Waals surface area contributed by atoms with Gasteiger partial charge in [-0.2, -0.15) is 5.10 Å². The summed E-state index contributed by atoms with van der Waals surface area (Å²) in [4.78, 5) is 0. The van der Waals surface area contributed by atoms with Crippen molar-refractivity contribution in [3.8, 4) is 0 Å². The van der Waals surface area contributed by atoms with E-state index in [9.17, 15) is 8.42 Å². The van der Waals surface area contributed by atoms with Crippen molar-refractivity contribution in [3.05, 3.63) is 48.3 Å². The Morgan fingerprint density at radius 3 is 2.86 bits per heavy atom. The van der Waals surface area contributed by atoms with Crippen LogP contribution in [0.4, 0.5) is 5.69 Å². The Hall–Kier alpha value is -1.82. The summed E-state index contributed by atoms with van der Waals surface area (Å²) in [5.41, 5.74) is 2.07. The number of hydrogen-bond acceptors (Lipinski definition) is 4. The van der Waals surface area contributed by atoms with Crippen LogP contribution in [0.15, 0.2) is 42.7 Å². The normalized spacial score (nSPS) is 21.0. The topological polar surface area (TPSA) is 64.0 Å². The molecule has 5 nitrogen and oxygen atoms in total. The maximum Gasteiger partial charge on any atom is 0.152 e. The van der Waals surface area contributed by atoms with Crippen LogP contribution in [-0.2, 0) is 16.4 Å². The Kier molecular flexibility index (Phi) is 3.96. The second-order valence-electron chi connectivity index (χ2n) is 5.51. The van der Waals surface area contributed by atoms with Crippen LogP contribution in [-0.4, -0.2) is 35.7 Å². The highest BCUT2D eigenvalue weighted by molar-refractivity contribution is 7.91. The van der Waals surface area contributed by atoms with Crippen LogP contribution in [0.3, 0.4) is 0 Å². The fourth-order valence-electron chi connectivity index (χ4n) is 2.67. The van der Waals surface area contributed by atoms with Gasteiger partial charge >= 0.3 is 0 Å².